The Morgan fingerprint density at radius 1 is 1.24 bits per heavy atom. The number of ether oxygens (including phenoxy) is 1. The van der Waals surface area contributed by atoms with Crippen LogP contribution in [0, 0.1) is 11.3 Å². The molecule has 29 heavy (non-hydrogen) atoms. The van der Waals surface area contributed by atoms with Crippen molar-refractivity contribution in [3.8, 4) is 6.07 Å². The van der Waals surface area contributed by atoms with Crippen molar-refractivity contribution in [3.05, 3.63) is 55.0 Å². The quantitative estimate of drug-likeness (QED) is 0.344. The molecule has 144 valence electrons. The van der Waals surface area contributed by atoms with E-state index in [0.29, 0.717) is 43.2 Å². The molecule has 0 unspecified atom stereocenters. The average molecular weight is 453 g/mol. The zero-order valence-electron chi connectivity index (χ0n) is 15.0. The first-order valence-corrected chi connectivity index (χ1v) is 9.67. The largest absolute Gasteiger partial charge is 0.378 e. The molecule has 0 saturated carbocycles. The molecule has 0 amide bonds. The van der Waals surface area contributed by atoms with Gasteiger partial charge in [0.1, 0.15) is 22.8 Å². The Labute approximate surface area is 171 Å². The minimum Gasteiger partial charge on any atom is -0.378 e. The molecule has 1 aromatic carbocycles. The maximum absolute atomic E-state index is 13.2. The zero-order chi connectivity index (χ0) is 20.1. The molecule has 5 rings (SSSR count). The van der Waals surface area contributed by atoms with E-state index in [4.69, 9.17) is 4.74 Å². The summed E-state index contributed by atoms with van der Waals surface area (Å²) in [6, 6.07) is 7.11. The number of morpholine rings is 1. The summed E-state index contributed by atoms with van der Waals surface area (Å²) in [4.78, 5) is 40.0. The van der Waals surface area contributed by atoms with Gasteiger partial charge in [0.05, 0.1) is 35.8 Å². The molecule has 4 heterocycles. The lowest BCUT2D eigenvalue weighted by Crippen LogP contribution is -2.37. The molecule has 0 bridgehead atoms. The first kappa shape index (κ1) is 17.8. The Hall–Kier alpha value is -3.29. The summed E-state index contributed by atoms with van der Waals surface area (Å²) in [5, 5.41) is 10.1. The summed E-state index contributed by atoms with van der Waals surface area (Å²) in [6.45, 7) is 2.29. The van der Waals surface area contributed by atoms with Crippen molar-refractivity contribution in [2.24, 2.45) is 0 Å². The van der Waals surface area contributed by atoms with E-state index in [-0.39, 0.29) is 27.8 Å². The van der Waals surface area contributed by atoms with Crippen LogP contribution in [-0.4, -0.2) is 45.7 Å². The number of hydrogen-bond donors (Lipinski definition) is 1. The Kier molecular flexibility index (Phi) is 4.08. The normalized spacial score (nSPS) is 14.6. The zero-order valence-corrected chi connectivity index (χ0v) is 16.6. The molecule has 0 spiro atoms. The van der Waals surface area contributed by atoms with Crippen molar-refractivity contribution in [2.75, 3.05) is 31.2 Å². The number of rotatable bonds is 1. The third-order valence-electron chi connectivity index (χ3n) is 4.97. The molecular weight excluding hydrogens is 440 g/mol. The molecule has 9 nitrogen and oxygen atoms in total. The highest BCUT2D eigenvalue weighted by Crippen LogP contribution is 2.20. The molecule has 4 aromatic rings. The van der Waals surface area contributed by atoms with Crippen molar-refractivity contribution >= 4 is 49.5 Å². The number of aromatic amines is 1. The van der Waals surface area contributed by atoms with Gasteiger partial charge in [-0.2, -0.15) is 5.26 Å². The Morgan fingerprint density at radius 3 is 2.79 bits per heavy atom. The van der Waals surface area contributed by atoms with Crippen LogP contribution >= 0.6 is 15.9 Å². The number of fused-ring (bicyclic) bond motifs is 4. The number of nitrogens with one attached hydrogen (secondary N) is 1. The third kappa shape index (κ3) is 2.70. The van der Waals surface area contributed by atoms with Crippen LogP contribution in [0.15, 0.2) is 38.5 Å². The van der Waals surface area contributed by atoms with Crippen LogP contribution in [0.25, 0.3) is 27.6 Å². The number of halogens is 1. The number of H-pyrrole nitrogens is 1. The summed E-state index contributed by atoms with van der Waals surface area (Å²) in [7, 11) is 0. The fraction of sp³-hybridized carbons (Fsp3) is 0.211. The van der Waals surface area contributed by atoms with Gasteiger partial charge in [0.2, 0.25) is 11.4 Å². The lowest BCUT2D eigenvalue weighted by atomic mass is 10.2. The van der Waals surface area contributed by atoms with E-state index < -0.39 is 5.43 Å². The van der Waals surface area contributed by atoms with Crippen molar-refractivity contribution in [3.63, 3.8) is 0 Å². The maximum Gasteiger partial charge on any atom is 0.266 e. The number of nitriles is 1. The summed E-state index contributed by atoms with van der Waals surface area (Å²) in [6.07, 6.45) is 1.46. The predicted octanol–water partition coefficient (Wildman–Crippen LogP) is 1.55. The number of nitrogens with zero attached hydrogens (tertiary/aromatic N) is 5. The van der Waals surface area contributed by atoms with Crippen LogP contribution in [0.4, 0.5) is 5.95 Å². The predicted molar refractivity (Wildman–Crippen MR) is 110 cm³/mol. The minimum atomic E-state index is -0.536. The maximum atomic E-state index is 13.2. The average Bonchev–Trinajstić information content (AvgIpc) is 2.75. The smallest absolute Gasteiger partial charge is 0.266 e. The molecule has 1 saturated heterocycles. The van der Waals surface area contributed by atoms with Crippen LogP contribution in [0.5, 0.6) is 0 Å². The van der Waals surface area contributed by atoms with Gasteiger partial charge in [-0.15, -0.1) is 0 Å². The Morgan fingerprint density at radius 2 is 2.03 bits per heavy atom. The Bertz CT molecular complexity index is 1460. The number of anilines is 1. The van der Waals surface area contributed by atoms with Crippen LogP contribution in [0.1, 0.15) is 5.56 Å². The van der Waals surface area contributed by atoms with E-state index in [1.165, 1.54) is 10.6 Å². The lowest BCUT2D eigenvalue weighted by Gasteiger charge is -2.26. The number of aromatic nitrogens is 4. The van der Waals surface area contributed by atoms with E-state index in [1.54, 1.807) is 18.2 Å². The van der Waals surface area contributed by atoms with Gasteiger partial charge in [0.15, 0.2) is 0 Å². The molecule has 10 heteroatoms. The molecule has 1 aliphatic heterocycles. The highest BCUT2D eigenvalue weighted by molar-refractivity contribution is 9.10. The van der Waals surface area contributed by atoms with Crippen molar-refractivity contribution in [1.29, 1.82) is 5.26 Å². The third-order valence-corrected chi connectivity index (χ3v) is 5.47. The second-order valence-electron chi connectivity index (χ2n) is 6.62. The van der Waals surface area contributed by atoms with Gasteiger partial charge >= 0.3 is 0 Å². The highest BCUT2D eigenvalue weighted by Gasteiger charge is 2.20. The molecule has 1 fully saturated rings. The van der Waals surface area contributed by atoms with E-state index in [0.717, 1.165) is 4.47 Å². The van der Waals surface area contributed by atoms with Gasteiger partial charge in [-0.3, -0.25) is 14.0 Å². The number of pyridine rings is 1. The monoisotopic (exact) mass is 452 g/mol. The highest BCUT2D eigenvalue weighted by atomic mass is 79.9. The molecule has 0 atom stereocenters. The van der Waals surface area contributed by atoms with E-state index in [2.05, 4.69) is 30.9 Å². The second kappa shape index (κ2) is 6.65. The standard InChI is InChI=1S/C19H13BrN6O3/c20-10-1-2-13-11(7-10)18(28)26-14-9-22-19(25-3-5-29-6-4-25)24-15(14)16(27)12(8-21)17(26)23-13/h1-2,7,9,23H,3-6H2. The van der Waals surface area contributed by atoms with Gasteiger partial charge < -0.3 is 14.6 Å². The van der Waals surface area contributed by atoms with Gasteiger partial charge in [-0.05, 0) is 18.2 Å². The minimum absolute atomic E-state index is 0.0374. The van der Waals surface area contributed by atoms with Gasteiger partial charge in [-0.25, -0.2) is 9.97 Å². The molecule has 3 aromatic heterocycles. The van der Waals surface area contributed by atoms with Crippen LogP contribution in [0.2, 0.25) is 0 Å². The first-order valence-electron chi connectivity index (χ1n) is 8.88. The fourth-order valence-electron chi connectivity index (χ4n) is 3.55. The molecule has 1 N–H and O–H groups in total. The van der Waals surface area contributed by atoms with Crippen molar-refractivity contribution in [1.82, 2.24) is 19.4 Å². The van der Waals surface area contributed by atoms with Gasteiger partial charge in [-0.1, -0.05) is 15.9 Å². The number of benzene rings is 1. The lowest BCUT2D eigenvalue weighted by molar-refractivity contribution is 0.122. The molecule has 1 aliphatic rings. The fourth-order valence-corrected chi connectivity index (χ4v) is 3.92. The van der Waals surface area contributed by atoms with Crippen LogP contribution in [-0.2, 0) is 4.74 Å². The van der Waals surface area contributed by atoms with Gasteiger partial charge in [0.25, 0.3) is 5.56 Å². The molecular formula is C19H13BrN6O3. The SMILES string of the molecule is N#Cc1c(=O)c2nc(N3CCOCC3)ncc2n2c(=O)c3cc(Br)ccc3[nH]c12. The first-order chi connectivity index (χ1) is 14.1. The molecule has 0 radical (unpaired) electrons. The summed E-state index contributed by atoms with van der Waals surface area (Å²) in [5.74, 6) is 0.377. The topological polar surface area (TPSA) is 116 Å². The van der Waals surface area contributed by atoms with Crippen LogP contribution < -0.4 is 15.9 Å². The molecule has 0 aliphatic carbocycles. The van der Waals surface area contributed by atoms with Crippen molar-refractivity contribution in [2.45, 2.75) is 0 Å². The van der Waals surface area contributed by atoms with E-state index in [9.17, 15) is 14.9 Å². The van der Waals surface area contributed by atoms with Crippen LogP contribution in [0.3, 0.4) is 0 Å². The van der Waals surface area contributed by atoms with Gasteiger partial charge in [0, 0.05) is 17.6 Å². The van der Waals surface area contributed by atoms with Crippen molar-refractivity contribution < 1.29 is 4.74 Å². The summed E-state index contributed by atoms with van der Waals surface area (Å²) < 4.78 is 7.38. The van der Waals surface area contributed by atoms with E-state index >= 15 is 0 Å². The van der Waals surface area contributed by atoms with E-state index in [1.807, 2.05) is 11.0 Å². The summed E-state index contributed by atoms with van der Waals surface area (Å²) in [5.41, 5.74) is -0.108. The Balaban J connectivity index is 1.91. The second-order valence-corrected chi connectivity index (χ2v) is 7.54. The number of hydrogen-bond acceptors (Lipinski definition) is 7. The summed E-state index contributed by atoms with van der Waals surface area (Å²) >= 11 is 3.37.